The topological polar surface area (TPSA) is 71.1 Å². The highest BCUT2D eigenvalue weighted by molar-refractivity contribution is 5.65. The molecule has 0 rings (SSSR count). The lowest BCUT2D eigenvalue weighted by atomic mass is 9.97. The molecule has 0 aliphatic carbocycles. The van der Waals surface area contributed by atoms with Crippen LogP contribution >= 0.6 is 0 Å². The molecule has 0 aromatic rings. The summed E-state index contributed by atoms with van der Waals surface area (Å²) < 4.78 is 0. The Labute approximate surface area is 101 Å². The fraction of sp³-hybridized carbons (Fsp3) is 0.818. The molecule has 100 valence electrons. The number of rotatable bonds is 7. The first-order valence-corrected chi connectivity index (χ1v) is 5.54. The highest BCUT2D eigenvalue weighted by atomic mass is 17.3. The minimum absolute atomic E-state index is 0.119. The van der Waals surface area contributed by atoms with Crippen LogP contribution in [0.15, 0.2) is 0 Å². The minimum Gasteiger partial charge on any atom is -0.296 e. The van der Waals surface area contributed by atoms with Gasteiger partial charge in [-0.15, -0.1) is 9.78 Å². The van der Waals surface area contributed by atoms with Gasteiger partial charge in [0.2, 0.25) is 0 Å². The first kappa shape index (κ1) is 15.9. The fourth-order valence-corrected chi connectivity index (χ4v) is 1.16. The van der Waals surface area contributed by atoms with E-state index in [1.807, 2.05) is 13.8 Å². The van der Waals surface area contributed by atoms with Crippen molar-refractivity contribution in [1.82, 2.24) is 0 Å². The highest BCUT2D eigenvalue weighted by Gasteiger charge is 2.38. The zero-order valence-electron chi connectivity index (χ0n) is 10.9. The zero-order valence-corrected chi connectivity index (χ0v) is 10.9. The zero-order chi connectivity index (χ0) is 13.5. The van der Waals surface area contributed by atoms with E-state index >= 15 is 0 Å². The Balaban J connectivity index is 4.54. The van der Waals surface area contributed by atoms with Crippen molar-refractivity contribution in [2.24, 2.45) is 5.92 Å². The van der Waals surface area contributed by atoms with E-state index in [2.05, 4.69) is 9.78 Å². The molecule has 0 spiro atoms. The second-order valence-corrected chi connectivity index (χ2v) is 4.02. The first-order chi connectivity index (χ1) is 7.81. The van der Waals surface area contributed by atoms with Gasteiger partial charge in [-0.1, -0.05) is 20.3 Å². The summed E-state index contributed by atoms with van der Waals surface area (Å²) in [5.74, 6) is -2.64. The number of carbonyl (C=O) groups is 2. The van der Waals surface area contributed by atoms with Crippen LogP contribution in [0.3, 0.4) is 0 Å². The predicted octanol–water partition coefficient (Wildman–Crippen LogP) is 2.13. The second-order valence-electron chi connectivity index (χ2n) is 4.02. The van der Waals surface area contributed by atoms with Gasteiger partial charge in [0.25, 0.3) is 5.79 Å². The summed E-state index contributed by atoms with van der Waals surface area (Å²) in [4.78, 5) is 40.1. The van der Waals surface area contributed by atoms with Crippen molar-refractivity contribution >= 4 is 11.9 Å². The van der Waals surface area contributed by atoms with Crippen LogP contribution in [0.4, 0.5) is 0 Å². The van der Waals surface area contributed by atoms with Gasteiger partial charge in [0, 0.05) is 19.8 Å². The molecule has 1 unspecified atom stereocenters. The Kier molecular flexibility index (Phi) is 6.75. The van der Waals surface area contributed by atoms with Gasteiger partial charge < -0.3 is 0 Å². The summed E-state index contributed by atoms with van der Waals surface area (Å²) in [7, 11) is 0. The molecule has 0 radical (unpaired) electrons. The average molecular weight is 248 g/mol. The van der Waals surface area contributed by atoms with Crippen LogP contribution < -0.4 is 0 Å². The van der Waals surface area contributed by atoms with Crippen LogP contribution in [0.2, 0.25) is 0 Å². The molecule has 0 heterocycles. The van der Waals surface area contributed by atoms with Crippen LogP contribution in [0.1, 0.15) is 47.5 Å². The molecule has 0 saturated carbocycles. The standard InChI is InChI=1S/C11H20O6/c1-6-7-8(2)11(5,16-14-9(3)12)17-15-10(4)13/h8H,6-7H2,1-5H3. The Morgan fingerprint density at radius 3 is 1.82 bits per heavy atom. The van der Waals surface area contributed by atoms with Gasteiger partial charge in [0.1, 0.15) is 0 Å². The normalized spacial score (nSPS) is 13.0. The number of hydrogen-bond acceptors (Lipinski definition) is 6. The number of carbonyl (C=O) groups excluding carboxylic acids is 2. The summed E-state index contributed by atoms with van der Waals surface area (Å²) in [6.07, 6.45) is 1.66. The molecule has 0 aromatic heterocycles. The fourth-order valence-electron chi connectivity index (χ4n) is 1.16. The molecule has 17 heavy (non-hydrogen) atoms. The van der Waals surface area contributed by atoms with Crippen LogP contribution in [-0.4, -0.2) is 17.7 Å². The third-order valence-electron chi connectivity index (χ3n) is 2.27. The van der Waals surface area contributed by atoms with Crippen molar-refractivity contribution in [1.29, 1.82) is 0 Å². The van der Waals surface area contributed by atoms with Gasteiger partial charge >= 0.3 is 11.9 Å². The van der Waals surface area contributed by atoms with Gasteiger partial charge in [-0.3, -0.25) is 9.78 Å². The van der Waals surface area contributed by atoms with Crippen molar-refractivity contribution in [3.63, 3.8) is 0 Å². The van der Waals surface area contributed by atoms with Crippen LogP contribution in [-0.2, 0) is 29.1 Å². The van der Waals surface area contributed by atoms with E-state index in [9.17, 15) is 9.59 Å². The second kappa shape index (κ2) is 7.24. The van der Waals surface area contributed by atoms with E-state index < -0.39 is 17.7 Å². The third kappa shape index (κ3) is 6.23. The van der Waals surface area contributed by atoms with Gasteiger partial charge in [0.05, 0.1) is 0 Å². The summed E-state index contributed by atoms with van der Waals surface area (Å²) in [6.45, 7) is 7.79. The van der Waals surface area contributed by atoms with E-state index in [-0.39, 0.29) is 5.92 Å². The molecule has 0 aliphatic rings. The Morgan fingerprint density at radius 2 is 1.53 bits per heavy atom. The monoisotopic (exact) mass is 248 g/mol. The SMILES string of the molecule is CCCC(C)C(C)(OOC(C)=O)OOC(C)=O. The lowest BCUT2D eigenvalue weighted by Gasteiger charge is -2.30. The molecule has 0 bridgehead atoms. The maximum Gasteiger partial charge on any atom is 0.339 e. The molecule has 0 N–H and O–H groups in total. The van der Waals surface area contributed by atoms with Gasteiger partial charge in [-0.05, 0) is 13.3 Å². The van der Waals surface area contributed by atoms with Crippen molar-refractivity contribution in [2.75, 3.05) is 0 Å². The molecule has 6 heteroatoms. The molecule has 1 atom stereocenters. The Bertz CT molecular complexity index is 245. The van der Waals surface area contributed by atoms with Crippen molar-refractivity contribution < 1.29 is 29.1 Å². The maximum atomic E-state index is 10.7. The molecular formula is C11H20O6. The quantitative estimate of drug-likeness (QED) is 0.390. The first-order valence-electron chi connectivity index (χ1n) is 5.54. The summed E-state index contributed by atoms with van der Waals surface area (Å²) in [5, 5.41) is 0. The molecule has 0 amide bonds. The highest BCUT2D eigenvalue weighted by Crippen LogP contribution is 2.28. The van der Waals surface area contributed by atoms with E-state index in [0.29, 0.717) is 0 Å². The number of hydrogen-bond donors (Lipinski definition) is 0. The predicted molar refractivity (Wildman–Crippen MR) is 58.2 cm³/mol. The average Bonchev–Trinajstić information content (AvgIpc) is 2.24. The molecule has 0 aliphatic heterocycles. The summed E-state index contributed by atoms with van der Waals surface area (Å²) >= 11 is 0. The van der Waals surface area contributed by atoms with Crippen LogP contribution in [0, 0.1) is 5.92 Å². The maximum absolute atomic E-state index is 10.7. The van der Waals surface area contributed by atoms with E-state index in [4.69, 9.17) is 9.78 Å². The molecule has 0 aromatic carbocycles. The summed E-state index contributed by atoms with van der Waals surface area (Å²) in [6, 6.07) is 0. The third-order valence-corrected chi connectivity index (χ3v) is 2.27. The van der Waals surface area contributed by atoms with Gasteiger partial charge in [-0.25, -0.2) is 9.59 Å². The lowest BCUT2D eigenvalue weighted by molar-refractivity contribution is -0.487. The van der Waals surface area contributed by atoms with Crippen LogP contribution in [0.5, 0.6) is 0 Å². The van der Waals surface area contributed by atoms with Crippen molar-refractivity contribution in [2.45, 2.75) is 53.2 Å². The molecule has 0 fully saturated rings. The van der Waals surface area contributed by atoms with Gasteiger partial charge in [0.15, 0.2) is 0 Å². The van der Waals surface area contributed by atoms with Crippen LogP contribution in [0.25, 0.3) is 0 Å². The van der Waals surface area contributed by atoms with E-state index in [1.165, 1.54) is 13.8 Å². The van der Waals surface area contributed by atoms with Crippen molar-refractivity contribution in [3.05, 3.63) is 0 Å². The van der Waals surface area contributed by atoms with Crippen molar-refractivity contribution in [3.8, 4) is 0 Å². The molecule has 0 saturated heterocycles. The Hall–Kier alpha value is -1.14. The van der Waals surface area contributed by atoms with Gasteiger partial charge in [-0.2, -0.15) is 0 Å². The molecule has 6 nitrogen and oxygen atoms in total. The van der Waals surface area contributed by atoms with E-state index in [1.54, 1.807) is 6.92 Å². The minimum atomic E-state index is -1.31. The largest absolute Gasteiger partial charge is 0.339 e. The lowest BCUT2D eigenvalue weighted by Crippen LogP contribution is -2.40. The Morgan fingerprint density at radius 1 is 1.12 bits per heavy atom. The van der Waals surface area contributed by atoms with E-state index in [0.717, 1.165) is 12.8 Å². The molecular weight excluding hydrogens is 228 g/mol. The smallest absolute Gasteiger partial charge is 0.296 e. The summed E-state index contributed by atoms with van der Waals surface area (Å²) in [5.41, 5.74) is 0.